The van der Waals surface area contributed by atoms with Gasteiger partial charge in [-0.2, -0.15) is 0 Å². The minimum atomic E-state index is 0.498. The molecule has 4 unspecified atom stereocenters. The molecular formula is C15H16ClN5. The number of hydrogen-bond acceptors (Lipinski definition) is 4. The van der Waals surface area contributed by atoms with Gasteiger partial charge in [-0.3, -0.25) is 0 Å². The highest BCUT2D eigenvalue weighted by Gasteiger charge is 2.66. The van der Waals surface area contributed by atoms with Gasteiger partial charge in [-0.15, -0.1) is 5.10 Å². The molecule has 0 amide bonds. The number of halogens is 1. The lowest BCUT2D eigenvalue weighted by Gasteiger charge is -2.10. The van der Waals surface area contributed by atoms with Gasteiger partial charge in [0.05, 0.1) is 16.8 Å². The second-order valence-electron chi connectivity index (χ2n) is 6.66. The van der Waals surface area contributed by atoms with Gasteiger partial charge in [0.25, 0.3) is 0 Å². The van der Waals surface area contributed by atoms with Gasteiger partial charge in [0.15, 0.2) is 5.82 Å². The molecule has 108 valence electrons. The van der Waals surface area contributed by atoms with Crippen LogP contribution in [-0.2, 0) is 0 Å². The van der Waals surface area contributed by atoms with Crippen molar-refractivity contribution in [3.63, 3.8) is 0 Å². The Balaban J connectivity index is 1.53. The topological polar surface area (TPSA) is 69.6 Å². The maximum Gasteiger partial charge on any atom is 0.182 e. The Labute approximate surface area is 127 Å². The molecule has 1 aromatic heterocycles. The van der Waals surface area contributed by atoms with Crippen molar-refractivity contribution in [1.29, 1.82) is 0 Å². The van der Waals surface area contributed by atoms with Crippen LogP contribution >= 0.6 is 11.6 Å². The Morgan fingerprint density at radius 2 is 1.95 bits per heavy atom. The Bertz CT molecular complexity index is 711. The molecule has 5 rings (SSSR count). The van der Waals surface area contributed by atoms with E-state index in [-0.39, 0.29) is 0 Å². The number of nitrogens with zero attached hydrogens (tertiary/aromatic N) is 4. The predicted octanol–water partition coefficient (Wildman–Crippen LogP) is 2.79. The predicted molar refractivity (Wildman–Crippen MR) is 79.5 cm³/mol. The third kappa shape index (κ3) is 1.55. The van der Waals surface area contributed by atoms with E-state index in [0.717, 1.165) is 35.1 Å². The van der Waals surface area contributed by atoms with Crippen LogP contribution in [0.15, 0.2) is 18.2 Å². The smallest absolute Gasteiger partial charge is 0.182 e. The third-order valence-electron chi connectivity index (χ3n) is 5.73. The minimum absolute atomic E-state index is 0.498. The molecule has 2 N–H and O–H groups in total. The van der Waals surface area contributed by atoms with Crippen molar-refractivity contribution < 1.29 is 0 Å². The number of nitrogens with two attached hydrogens (primary N) is 1. The first-order valence-corrected chi connectivity index (χ1v) is 7.95. The Hall–Kier alpha value is -1.62. The molecule has 1 aromatic carbocycles. The summed E-state index contributed by atoms with van der Waals surface area (Å²) in [4.78, 5) is 0. The van der Waals surface area contributed by atoms with E-state index in [1.165, 1.54) is 19.3 Å². The molecule has 6 heteroatoms. The summed E-state index contributed by atoms with van der Waals surface area (Å²) in [7, 11) is 0. The van der Waals surface area contributed by atoms with E-state index in [1.807, 2.05) is 22.9 Å². The number of aromatic nitrogens is 4. The first kappa shape index (κ1) is 12.0. The molecule has 4 atom stereocenters. The molecule has 21 heavy (non-hydrogen) atoms. The van der Waals surface area contributed by atoms with Crippen molar-refractivity contribution in [2.24, 2.45) is 23.7 Å². The van der Waals surface area contributed by atoms with E-state index < -0.39 is 0 Å². The minimum Gasteiger partial charge on any atom is -0.398 e. The molecular weight excluding hydrogens is 286 g/mol. The number of fused-ring (bicyclic) bond motifs is 5. The van der Waals surface area contributed by atoms with Crippen LogP contribution in [-0.4, -0.2) is 20.2 Å². The van der Waals surface area contributed by atoms with Crippen LogP contribution in [0.1, 0.15) is 25.3 Å². The highest BCUT2D eigenvalue weighted by molar-refractivity contribution is 6.33. The van der Waals surface area contributed by atoms with Crippen LogP contribution < -0.4 is 5.73 Å². The molecule has 1 heterocycles. The molecule has 0 aliphatic heterocycles. The van der Waals surface area contributed by atoms with Gasteiger partial charge >= 0.3 is 0 Å². The summed E-state index contributed by atoms with van der Waals surface area (Å²) >= 11 is 6.13. The Morgan fingerprint density at radius 1 is 1.19 bits per heavy atom. The van der Waals surface area contributed by atoms with E-state index in [0.29, 0.717) is 16.8 Å². The van der Waals surface area contributed by atoms with E-state index in [9.17, 15) is 0 Å². The molecule has 3 fully saturated rings. The maximum atomic E-state index is 6.13. The molecule has 2 bridgehead atoms. The second kappa shape index (κ2) is 3.97. The van der Waals surface area contributed by atoms with Gasteiger partial charge in [-0.1, -0.05) is 11.6 Å². The number of benzene rings is 1. The SMILES string of the molecule is Nc1ccc(-c2nnnn2C2C3C4CCC(C4)C32)cc1Cl. The zero-order valence-electron chi connectivity index (χ0n) is 11.5. The third-order valence-corrected chi connectivity index (χ3v) is 6.06. The number of nitrogen functional groups attached to an aromatic ring is 1. The zero-order valence-corrected chi connectivity index (χ0v) is 12.2. The van der Waals surface area contributed by atoms with Crippen molar-refractivity contribution in [1.82, 2.24) is 20.2 Å². The van der Waals surface area contributed by atoms with Crippen molar-refractivity contribution in [3.05, 3.63) is 23.2 Å². The molecule has 0 radical (unpaired) electrons. The molecule has 3 saturated carbocycles. The summed E-state index contributed by atoms with van der Waals surface area (Å²) in [5.41, 5.74) is 7.31. The Kier molecular flexibility index (Phi) is 2.27. The standard InChI is InChI=1S/C15H16ClN5/c16-10-6-9(3-4-11(10)17)15-18-19-20-21(15)14-12-7-1-2-8(5-7)13(12)14/h3-4,6-8,12-14H,1-2,5,17H2. The summed E-state index contributed by atoms with van der Waals surface area (Å²) in [5.74, 6) is 4.22. The molecule has 5 nitrogen and oxygen atoms in total. The van der Waals surface area contributed by atoms with Crippen LogP contribution in [0, 0.1) is 23.7 Å². The van der Waals surface area contributed by atoms with Gasteiger partial charge in [-0.05, 0) is 71.6 Å². The fraction of sp³-hybridized carbons (Fsp3) is 0.533. The number of tetrazole rings is 1. The average Bonchev–Trinajstić information content (AvgIpc) is 2.90. The van der Waals surface area contributed by atoms with E-state index in [2.05, 4.69) is 15.5 Å². The van der Waals surface area contributed by atoms with Crippen molar-refractivity contribution in [2.45, 2.75) is 25.3 Å². The zero-order chi connectivity index (χ0) is 14.1. The van der Waals surface area contributed by atoms with Crippen LogP contribution in [0.25, 0.3) is 11.4 Å². The Morgan fingerprint density at radius 3 is 2.67 bits per heavy atom. The van der Waals surface area contributed by atoms with Gasteiger partial charge in [0.2, 0.25) is 0 Å². The summed E-state index contributed by atoms with van der Waals surface area (Å²) in [6.45, 7) is 0. The van der Waals surface area contributed by atoms with Gasteiger partial charge in [0, 0.05) is 5.56 Å². The largest absolute Gasteiger partial charge is 0.398 e. The average molecular weight is 302 g/mol. The van der Waals surface area contributed by atoms with Gasteiger partial charge in [0.1, 0.15) is 0 Å². The molecule has 2 aromatic rings. The first-order valence-electron chi connectivity index (χ1n) is 7.57. The number of hydrogen-bond donors (Lipinski definition) is 1. The highest BCUT2D eigenvalue weighted by Crippen LogP contribution is 2.71. The lowest BCUT2D eigenvalue weighted by atomic mass is 10.0. The lowest BCUT2D eigenvalue weighted by Crippen LogP contribution is -2.08. The van der Waals surface area contributed by atoms with Crippen LogP contribution in [0.2, 0.25) is 5.02 Å². The van der Waals surface area contributed by atoms with Crippen molar-refractivity contribution >= 4 is 17.3 Å². The van der Waals surface area contributed by atoms with E-state index in [4.69, 9.17) is 17.3 Å². The van der Waals surface area contributed by atoms with Crippen LogP contribution in [0.4, 0.5) is 5.69 Å². The summed E-state index contributed by atoms with van der Waals surface area (Å²) in [6, 6.07) is 6.11. The van der Waals surface area contributed by atoms with Gasteiger partial charge in [-0.25, -0.2) is 4.68 Å². The summed E-state index contributed by atoms with van der Waals surface area (Å²) < 4.78 is 2.03. The quantitative estimate of drug-likeness (QED) is 0.866. The van der Waals surface area contributed by atoms with Crippen molar-refractivity contribution in [3.8, 4) is 11.4 Å². The molecule has 0 saturated heterocycles. The second-order valence-corrected chi connectivity index (χ2v) is 7.07. The van der Waals surface area contributed by atoms with Gasteiger partial charge < -0.3 is 5.73 Å². The van der Waals surface area contributed by atoms with E-state index in [1.54, 1.807) is 0 Å². The maximum absolute atomic E-state index is 6.13. The monoisotopic (exact) mass is 301 g/mol. The molecule has 3 aliphatic rings. The number of rotatable bonds is 2. The molecule has 0 spiro atoms. The summed E-state index contributed by atoms with van der Waals surface area (Å²) in [6.07, 6.45) is 4.22. The normalized spacial score (nSPS) is 36.0. The lowest BCUT2D eigenvalue weighted by molar-refractivity contribution is 0.427. The van der Waals surface area contributed by atoms with E-state index >= 15 is 0 Å². The van der Waals surface area contributed by atoms with Crippen LogP contribution in [0.3, 0.4) is 0 Å². The number of anilines is 1. The first-order chi connectivity index (χ1) is 10.2. The van der Waals surface area contributed by atoms with Crippen molar-refractivity contribution in [2.75, 3.05) is 5.73 Å². The fourth-order valence-corrected chi connectivity index (χ4v) is 5.04. The molecule has 3 aliphatic carbocycles. The van der Waals surface area contributed by atoms with Crippen LogP contribution in [0.5, 0.6) is 0 Å². The summed E-state index contributed by atoms with van der Waals surface area (Å²) in [5, 5.41) is 12.9. The highest BCUT2D eigenvalue weighted by atomic mass is 35.5. The fourth-order valence-electron chi connectivity index (χ4n) is 4.86.